The number of aryl methyl sites for hydroxylation is 2. The number of aromatic nitrogens is 2. The van der Waals surface area contributed by atoms with Gasteiger partial charge in [-0.15, -0.1) is 0 Å². The number of carbonyl (C=O) groups excluding carboxylic acids is 1. The largest absolute Gasteiger partial charge is 0.297 e. The second-order valence-electron chi connectivity index (χ2n) is 6.19. The fraction of sp³-hybridized carbons (Fsp3) is 0.667. The summed E-state index contributed by atoms with van der Waals surface area (Å²) < 4.78 is 1.80. The van der Waals surface area contributed by atoms with Gasteiger partial charge in [0.15, 0.2) is 5.78 Å². The number of ketones is 1. The molecular formula is C15H21N3O. The molecule has 1 fully saturated rings. The lowest BCUT2D eigenvalue weighted by Crippen LogP contribution is -2.33. The number of carbonyl (C=O) groups is 1. The predicted molar refractivity (Wildman–Crippen MR) is 72.4 cm³/mol. The lowest BCUT2D eigenvalue weighted by atomic mass is 9.78. The van der Waals surface area contributed by atoms with Crippen LogP contribution in [-0.2, 0) is 24.7 Å². The molecule has 4 nitrogen and oxygen atoms in total. The molecule has 1 heterocycles. The highest BCUT2D eigenvalue weighted by Gasteiger charge is 2.52. The van der Waals surface area contributed by atoms with E-state index >= 15 is 0 Å². The molecule has 1 aliphatic rings. The van der Waals surface area contributed by atoms with Crippen molar-refractivity contribution in [3.05, 3.63) is 17.5 Å². The van der Waals surface area contributed by atoms with Crippen LogP contribution in [0.5, 0.6) is 0 Å². The highest BCUT2D eigenvalue weighted by molar-refractivity contribution is 5.94. The highest BCUT2D eigenvalue weighted by atomic mass is 16.1. The SMILES string of the molecule is CCc1cc(CC2(C#N)CCC(C)(C)C2=O)n(C)n1. The second-order valence-corrected chi connectivity index (χ2v) is 6.19. The Morgan fingerprint density at radius 1 is 1.47 bits per heavy atom. The Morgan fingerprint density at radius 3 is 2.58 bits per heavy atom. The Kier molecular flexibility index (Phi) is 3.25. The maximum absolute atomic E-state index is 12.5. The molecule has 1 aliphatic carbocycles. The molecule has 102 valence electrons. The summed E-state index contributed by atoms with van der Waals surface area (Å²) in [4.78, 5) is 12.5. The van der Waals surface area contributed by atoms with Crippen molar-refractivity contribution in [3.63, 3.8) is 0 Å². The van der Waals surface area contributed by atoms with E-state index in [2.05, 4.69) is 18.1 Å². The first-order chi connectivity index (χ1) is 8.84. The Hall–Kier alpha value is -1.63. The zero-order chi connectivity index (χ0) is 14.3. The molecule has 0 aromatic carbocycles. The zero-order valence-electron chi connectivity index (χ0n) is 12.2. The Balaban J connectivity index is 2.33. The van der Waals surface area contributed by atoms with Crippen LogP contribution >= 0.6 is 0 Å². The number of hydrogen-bond acceptors (Lipinski definition) is 3. The molecule has 0 saturated heterocycles. The summed E-state index contributed by atoms with van der Waals surface area (Å²) in [5, 5.41) is 13.9. The van der Waals surface area contributed by atoms with Crippen LogP contribution in [0.2, 0.25) is 0 Å². The molecule has 1 unspecified atom stereocenters. The van der Waals surface area contributed by atoms with E-state index in [1.807, 2.05) is 27.0 Å². The molecule has 0 bridgehead atoms. The van der Waals surface area contributed by atoms with Crippen molar-refractivity contribution < 1.29 is 4.79 Å². The van der Waals surface area contributed by atoms with Crippen LogP contribution in [0.3, 0.4) is 0 Å². The smallest absolute Gasteiger partial charge is 0.159 e. The average Bonchev–Trinajstić information content (AvgIpc) is 2.83. The van der Waals surface area contributed by atoms with Gasteiger partial charge < -0.3 is 0 Å². The van der Waals surface area contributed by atoms with E-state index < -0.39 is 5.41 Å². The molecule has 2 rings (SSSR count). The van der Waals surface area contributed by atoms with Crippen molar-refractivity contribution in [1.29, 1.82) is 5.26 Å². The van der Waals surface area contributed by atoms with Gasteiger partial charge in [0, 0.05) is 24.6 Å². The van der Waals surface area contributed by atoms with Gasteiger partial charge >= 0.3 is 0 Å². The Morgan fingerprint density at radius 2 is 2.16 bits per heavy atom. The van der Waals surface area contributed by atoms with Gasteiger partial charge in [-0.25, -0.2) is 0 Å². The summed E-state index contributed by atoms with van der Waals surface area (Å²) in [6.07, 6.45) is 2.79. The maximum atomic E-state index is 12.5. The first-order valence-corrected chi connectivity index (χ1v) is 6.82. The summed E-state index contributed by atoms with van der Waals surface area (Å²) >= 11 is 0. The van der Waals surface area contributed by atoms with Gasteiger partial charge in [0.05, 0.1) is 11.8 Å². The molecule has 1 aromatic rings. The van der Waals surface area contributed by atoms with Crippen LogP contribution in [0.15, 0.2) is 6.07 Å². The molecule has 1 atom stereocenters. The molecule has 0 spiro atoms. The first-order valence-electron chi connectivity index (χ1n) is 6.82. The van der Waals surface area contributed by atoms with Crippen LogP contribution in [0.1, 0.15) is 45.0 Å². The normalized spacial score (nSPS) is 25.5. The molecular weight excluding hydrogens is 238 g/mol. The topological polar surface area (TPSA) is 58.7 Å². The number of Topliss-reactive ketones (excluding diaryl/α,β-unsaturated/α-hetero) is 1. The molecule has 0 radical (unpaired) electrons. The van der Waals surface area contributed by atoms with Gasteiger partial charge in [-0.3, -0.25) is 9.48 Å². The van der Waals surface area contributed by atoms with E-state index in [1.54, 1.807) is 4.68 Å². The number of rotatable bonds is 3. The molecule has 0 amide bonds. The fourth-order valence-electron chi connectivity index (χ4n) is 2.93. The van der Waals surface area contributed by atoms with Crippen LogP contribution in [-0.4, -0.2) is 15.6 Å². The van der Waals surface area contributed by atoms with Crippen LogP contribution < -0.4 is 0 Å². The van der Waals surface area contributed by atoms with Gasteiger partial charge in [-0.1, -0.05) is 20.8 Å². The van der Waals surface area contributed by atoms with E-state index in [-0.39, 0.29) is 11.2 Å². The van der Waals surface area contributed by atoms with Crippen molar-refractivity contribution in [2.75, 3.05) is 0 Å². The standard InChI is InChI=1S/C15H21N3O/c1-5-11-8-12(18(4)17-11)9-15(10-16)7-6-14(2,3)13(15)19/h8H,5-7,9H2,1-4H3. The van der Waals surface area contributed by atoms with Crippen LogP contribution in [0, 0.1) is 22.2 Å². The third-order valence-corrected chi connectivity index (χ3v) is 4.31. The molecule has 0 N–H and O–H groups in total. The van der Waals surface area contributed by atoms with Gasteiger partial charge in [0.2, 0.25) is 0 Å². The van der Waals surface area contributed by atoms with E-state index in [4.69, 9.17) is 0 Å². The Bertz CT molecular complexity index is 550. The minimum absolute atomic E-state index is 0.0850. The zero-order valence-corrected chi connectivity index (χ0v) is 12.2. The maximum Gasteiger partial charge on any atom is 0.159 e. The van der Waals surface area contributed by atoms with Crippen LogP contribution in [0.4, 0.5) is 0 Å². The summed E-state index contributed by atoms with van der Waals surface area (Å²) in [6, 6.07) is 4.31. The van der Waals surface area contributed by atoms with Gasteiger partial charge in [-0.05, 0) is 25.3 Å². The van der Waals surface area contributed by atoms with Crippen molar-refractivity contribution in [3.8, 4) is 6.07 Å². The number of nitriles is 1. The number of nitrogens with zero attached hydrogens (tertiary/aromatic N) is 3. The summed E-state index contributed by atoms with van der Waals surface area (Å²) in [5.41, 5.74) is 0.754. The minimum Gasteiger partial charge on any atom is -0.297 e. The summed E-state index contributed by atoms with van der Waals surface area (Å²) in [5.74, 6) is 0.0850. The third kappa shape index (κ3) is 2.18. The highest BCUT2D eigenvalue weighted by Crippen LogP contribution is 2.47. The van der Waals surface area contributed by atoms with Crippen molar-refractivity contribution >= 4 is 5.78 Å². The van der Waals surface area contributed by atoms with Crippen molar-refractivity contribution in [1.82, 2.24) is 9.78 Å². The number of hydrogen-bond donors (Lipinski definition) is 0. The fourth-order valence-corrected chi connectivity index (χ4v) is 2.93. The van der Waals surface area contributed by atoms with E-state index in [1.165, 1.54) is 0 Å². The van der Waals surface area contributed by atoms with E-state index in [9.17, 15) is 10.1 Å². The predicted octanol–water partition coefficient (Wildman–Crippen LogP) is 2.42. The monoisotopic (exact) mass is 259 g/mol. The minimum atomic E-state index is -0.859. The third-order valence-electron chi connectivity index (χ3n) is 4.31. The molecule has 4 heteroatoms. The van der Waals surface area contributed by atoms with Gasteiger partial charge in [0.1, 0.15) is 5.41 Å². The quantitative estimate of drug-likeness (QED) is 0.837. The lowest BCUT2D eigenvalue weighted by Gasteiger charge is -2.22. The van der Waals surface area contributed by atoms with Crippen molar-refractivity contribution in [2.24, 2.45) is 17.9 Å². The second kappa shape index (κ2) is 4.48. The van der Waals surface area contributed by atoms with E-state index in [0.29, 0.717) is 12.8 Å². The van der Waals surface area contributed by atoms with Gasteiger partial charge in [-0.2, -0.15) is 10.4 Å². The molecule has 19 heavy (non-hydrogen) atoms. The van der Waals surface area contributed by atoms with Crippen molar-refractivity contribution in [2.45, 2.75) is 46.5 Å². The molecule has 1 saturated carbocycles. The average molecular weight is 259 g/mol. The molecule has 0 aliphatic heterocycles. The van der Waals surface area contributed by atoms with Gasteiger partial charge in [0.25, 0.3) is 0 Å². The van der Waals surface area contributed by atoms with E-state index in [0.717, 1.165) is 24.2 Å². The lowest BCUT2D eigenvalue weighted by molar-refractivity contribution is -0.130. The Labute approximate surface area is 114 Å². The van der Waals surface area contributed by atoms with Crippen LogP contribution in [0.25, 0.3) is 0 Å². The summed E-state index contributed by atoms with van der Waals surface area (Å²) in [6.45, 7) is 5.93. The molecule has 1 aromatic heterocycles. The first kappa shape index (κ1) is 13.8. The summed E-state index contributed by atoms with van der Waals surface area (Å²) in [7, 11) is 1.88.